The van der Waals surface area contributed by atoms with Crippen LogP contribution in [0.1, 0.15) is 10.4 Å². The average molecular weight is 349 g/mol. The number of anilines is 1. The van der Waals surface area contributed by atoms with Crippen molar-refractivity contribution in [3.05, 3.63) is 78.4 Å². The van der Waals surface area contributed by atoms with Gasteiger partial charge in [0, 0.05) is 5.69 Å². The van der Waals surface area contributed by atoms with Gasteiger partial charge in [0.15, 0.2) is 11.5 Å². The van der Waals surface area contributed by atoms with Gasteiger partial charge < -0.3 is 19.5 Å². The highest BCUT2D eigenvalue weighted by atomic mass is 16.5. The Labute approximate surface area is 152 Å². The summed E-state index contributed by atoms with van der Waals surface area (Å²) in [6, 6.07) is 21.5. The summed E-state index contributed by atoms with van der Waals surface area (Å²) in [6.07, 6.45) is 0. The first kappa shape index (κ1) is 17.4. The fourth-order valence-electron chi connectivity index (χ4n) is 2.44. The monoisotopic (exact) mass is 349 g/mol. The fourth-order valence-corrected chi connectivity index (χ4v) is 2.44. The molecule has 0 heterocycles. The lowest BCUT2D eigenvalue weighted by molar-refractivity contribution is 0.102. The van der Waals surface area contributed by atoms with Crippen LogP contribution in [0.5, 0.6) is 23.0 Å². The molecule has 0 fully saturated rings. The maximum atomic E-state index is 12.7. The Bertz CT molecular complexity index is 891. The molecule has 3 aromatic carbocycles. The lowest BCUT2D eigenvalue weighted by atomic mass is 10.1. The highest BCUT2D eigenvalue weighted by Gasteiger charge is 2.14. The molecular formula is C21H19NO4. The van der Waals surface area contributed by atoms with Gasteiger partial charge in [-0.3, -0.25) is 4.79 Å². The van der Waals surface area contributed by atoms with Crippen molar-refractivity contribution < 1.29 is 19.0 Å². The van der Waals surface area contributed by atoms with Crippen molar-refractivity contribution in [1.29, 1.82) is 0 Å². The Morgan fingerprint density at radius 3 is 2.00 bits per heavy atom. The number of hydrogen-bond acceptors (Lipinski definition) is 4. The molecule has 0 atom stereocenters. The second-order valence-electron chi connectivity index (χ2n) is 5.43. The number of para-hydroxylation sites is 3. The minimum Gasteiger partial charge on any atom is -0.497 e. The number of carbonyl (C=O) groups excluding carboxylic acids is 1. The van der Waals surface area contributed by atoms with Crippen LogP contribution in [0.2, 0.25) is 0 Å². The molecule has 132 valence electrons. The lowest BCUT2D eigenvalue weighted by Crippen LogP contribution is -2.13. The summed E-state index contributed by atoms with van der Waals surface area (Å²) in [5.74, 6) is 2.05. The quantitative estimate of drug-likeness (QED) is 0.698. The van der Waals surface area contributed by atoms with E-state index in [-0.39, 0.29) is 5.91 Å². The number of amides is 1. The van der Waals surface area contributed by atoms with Crippen molar-refractivity contribution in [1.82, 2.24) is 0 Å². The number of ether oxygens (including phenoxy) is 3. The van der Waals surface area contributed by atoms with E-state index in [9.17, 15) is 4.79 Å². The molecule has 0 spiro atoms. The third-order valence-corrected chi connectivity index (χ3v) is 3.77. The molecule has 26 heavy (non-hydrogen) atoms. The summed E-state index contributed by atoms with van der Waals surface area (Å²) in [5.41, 5.74) is 1.09. The van der Waals surface area contributed by atoms with E-state index in [0.29, 0.717) is 28.5 Å². The Balaban J connectivity index is 1.82. The zero-order valence-corrected chi connectivity index (χ0v) is 14.6. The van der Waals surface area contributed by atoms with E-state index in [2.05, 4.69) is 5.32 Å². The van der Waals surface area contributed by atoms with E-state index in [1.165, 1.54) is 0 Å². The molecule has 5 nitrogen and oxygen atoms in total. The molecule has 1 N–H and O–H groups in total. The van der Waals surface area contributed by atoms with E-state index in [0.717, 1.165) is 5.75 Å². The fraction of sp³-hybridized carbons (Fsp3) is 0.0952. The Hall–Kier alpha value is -3.47. The van der Waals surface area contributed by atoms with E-state index < -0.39 is 0 Å². The van der Waals surface area contributed by atoms with Crippen LogP contribution >= 0.6 is 0 Å². The summed E-state index contributed by atoms with van der Waals surface area (Å²) < 4.78 is 16.3. The highest BCUT2D eigenvalue weighted by molar-refractivity contribution is 6.06. The number of carbonyl (C=O) groups is 1. The number of rotatable bonds is 6. The zero-order valence-electron chi connectivity index (χ0n) is 14.6. The van der Waals surface area contributed by atoms with Crippen molar-refractivity contribution in [2.75, 3.05) is 19.5 Å². The van der Waals surface area contributed by atoms with E-state index in [4.69, 9.17) is 14.2 Å². The SMILES string of the molecule is COc1ccc(NC(=O)c2ccccc2Oc2ccccc2OC)cc1. The van der Waals surface area contributed by atoms with Crippen LogP contribution in [0.25, 0.3) is 0 Å². The van der Waals surface area contributed by atoms with Gasteiger partial charge in [-0.1, -0.05) is 24.3 Å². The topological polar surface area (TPSA) is 56.8 Å². The molecule has 0 saturated heterocycles. The second kappa shape index (κ2) is 8.07. The molecule has 3 rings (SSSR count). The maximum Gasteiger partial charge on any atom is 0.259 e. The standard InChI is InChI=1S/C21H19NO4/c1-24-16-13-11-15(12-14-16)22-21(23)17-7-3-4-8-18(17)26-20-10-6-5-9-19(20)25-2/h3-14H,1-2H3,(H,22,23). The minimum absolute atomic E-state index is 0.263. The minimum atomic E-state index is -0.263. The first-order valence-electron chi connectivity index (χ1n) is 8.06. The molecule has 1 amide bonds. The maximum absolute atomic E-state index is 12.7. The van der Waals surface area contributed by atoms with Crippen LogP contribution in [-0.4, -0.2) is 20.1 Å². The van der Waals surface area contributed by atoms with Crippen molar-refractivity contribution in [3.8, 4) is 23.0 Å². The van der Waals surface area contributed by atoms with Gasteiger partial charge in [0.2, 0.25) is 0 Å². The number of methoxy groups -OCH3 is 2. The molecule has 0 unspecified atom stereocenters. The van der Waals surface area contributed by atoms with Crippen LogP contribution in [0.15, 0.2) is 72.8 Å². The van der Waals surface area contributed by atoms with E-state index >= 15 is 0 Å². The largest absolute Gasteiger partial charge is 0.497 e. The van der Waals surface area contributed by atoms with Gasteiger partial charge in [-0.25, -0.2) is 0 Å². The molecule has 0 bridgehead atoms. The average Bonchev–Trinajstić information content (AvgIpc) is 2.69. The predicted octanol–water partition coefficient (Wildman–Crippen LogP) is 4.75. The molecule has 5 heteroatoms. The van der Waals surface area contributed by atoms with E-state index in [1.807, 2.05) is 18.2 Å². The predicted molar refractivity (Wildman–Crippen MR) is 100 cm³/mol. The number of benzene rings is 3. The van der Waals surface area contributed by atoms with Crippen molar-refractivity contribution in [2.45, 2.75) is 0 Å². The number of hydrogen-bond donors (Lipinski definition) is 1. The van der Waals surface area contributed by atoms with Gasteiger partial charge >= 0.3 is 0 Å². The summed E-state index contributed by atoms with van der Waals surface area (Å²) in [5, 5.41) is 2.86. The van der Waals surface area contributed by atoms with Gasteiger partial charge in [-0.2, -0.15) is 0 Å². The molecule has 0 aromatic heterocycles. The van der Waals surface area contributed by atoms with Crippen LogP contribution < -0.4 is 19.5 Å². The van der Waals surface area contributed by atoms with Crippen LogP contribution in [0.3, 0.4) is 0 Å². The molecular weight excluding hydrogens is 330 g/mol. The van der Waals surface area contributed by atoms with Gasteiger partial charge in [-0.05, 0) is 48.5 Å². The summed E-state index contributed by atoms with van der Waals surface area (Å²) in [7, 11) is 3.17. The normalized spacial score (nSPS) is 10.1. The zero-order chi connectivity index (χ0) is 18.4. The summed E-state index contributed by atoms with van der Waals surface area (Å²) in [6.45, 7) is 0. The molecule has 0 aliphatic carbocycles. The first-order valence-corrected chi connectivity index (χ1v) is 8.06. The highest BCUT2D eigenvalue weighted by Crippen LogP contribution is 2.33. The Morgan fingerprint density at radius 1 is 0.731 bits per heavy atom. The van der Waals surface area contributed by atoms with E-state index in [1.54, 1.807) is 68.8 Å². The lowest BCUT2D eigenvalue weighted by Gasteiger charge is -2.13. The van der Waals surface area contributed by atoms with Crippen molar-refractivity contribution >= 4 is 11.6 Å². The Kier molecular flexibility index (Phi) is 5.39. The van der Waals surface area contributed by atoms with Crippen LogP contribution in [0, 0.1) is 0 Å². The molecule has 0 saturated carbocycles. The van der Waals surface area contributed by atoms with Gasteiger partial charge in [0.05, 0.1) is 19.8 Å². The molecule has 3 aromatic rings. The van der Waals surface area contributed by atoms with Crippen LogP contribution in [0.4, 0.5) is 5.69 Å². The summed E-state index contributed by atoms with van der Waals surface area (Å²) >= 11 is 0. The first-order chi connectivity index (χ1) is 12.7. The van der Waals surface area contributed by atoms with Crippen molar-refractivity contribution in [2.24, 2.45) is 0 Å². The summed E-state index contributed by atoms with van der Waals surface area (Å²) in [4.78, 5) is 12.7. The molecule has 0 aliphatic rings. The van der Waals surface area contributed by atoms with Crippen molar-refractivity contribution in [3.63, 3.8) is 0 Å². The third kappa shape index (κ3) is 3.95. The van der Waals surface area contributed by atoms with Crippen LogP contribution in [-0.2, 0) is 0 Å². The molecule has 0 aliphatic heterocycles. The smallest absolute Gasteiger partial charge is 0.259 e. The second-order valence-corrected chi connectivity index (χ2v) is 5.43. The van der Waals surface area contributed by atoms with Gasteiger partial charge in [-0.15, -0.1) is 0 Å². The molecule has 0 radical (unpaired) electrons. The van der Waals surface area contributed by atoms with Gasteiger partial charge in [0.1, 0.15) is 11.5 Å². The number of nitrogens with one attached hydrogen (secondary N) is 1. The van der Waals surface area contributed by atoms with Gasteiger partial charge in [0.25, 0.3) is 5.91 Å². The third-order valence-electron chi connectivity index (χ3n) is 3.77. The Morgan fingerprint density at radius 2 is 1.35 bits per heavy atom.